The smallest absolute Gasteiger partial charge is 0.407 e. The number of nitrogens with one attached hydrogen (secondary N) is 1. The van der Waals surface area contributed by atoms with Crippen molar-refractivity contribution in [1.29, 1.82) is 5.26 Å². The van der Waals surface area contributed by atoms with Crippen LogP contribution in [0.5, 0.6) is 0 Å². The third kappa shape index (κ3) is 2.72. The molecular formula is C13H14ClN5O2. The Balaban J connectivity index is 1.65. The third-order valence-corrected chi connectivity index (χ3v) is 4.43. The number of carbonyl (C=O) groups is 1. The zero-order valence-corrected chi connectivity index (χ0v) is 11.9. The summed E-state index contributed by atoms with van der Waals surface area (Å²) in [6, 6.07) is 3.73. The second-order valence-electron chi connectivity index (χ2n) is 5.56. The molecule has 0 aromatic carbocycles. The number of carboxylic acid groups (broad SMARTS) is 1. The van der Waals surface area contributed by atoms with E-state index >= 15 is 0 Å². The highest BCUT2D eigenvalue weighted by Crippen LogP contribution is 2.39. The van der Waals surface area contributed by atoms with Crippen molar-refractivity contribution in [3.8, 4) is 6.07 Å². The van der Waals surface area contributed by atoms with Crippen molar-refractivity contribution in [2.24, 2.45) is 11.8 Å². The largest absolute Gasteiger partial charge is 0.465 e. The van der Waals surface area contributed by atoms with Crippen molar-refractivity contribution in [2.45, 2.75) is 18.9 Å². The molecular weight excluding hydrogens is 294 g/mol. The second-order valence-corrected chi connectivity index (χ2v) is 5.95. The number of hydrogen-bond acceptors (Lipinski definition) is 5. The molecule has 1 amide bonds. The van der Waals surface area contributed by atoms with Crippen molar-refractivity contribution in [3.63, 3.8) is 0 Å². The molecule has 2 N–H and O–H groups in total. The average molecular weight is 308 g/mol. The number of halogens is 1. The lowest BCUT2D eigenvalue weighted by Gasteiger charge is -2.18. The number of nitriles is 1. The van der Waals surface area contributed by atoms with Crippen molar-refractivity contribution in [3.05, 3.63) is 16.8 Å². The standard InChI is InChI=1S/C13H14ClN5O2/c14-11-3-7(4-15)12(18-17-11)16-10-1-8-5-19(13(20)21)6-9(8)2-10/h3,8-10H,1-2,5-6H2,(H,16,18)(H,20,21)/t8-,9+,10-. The van der Waals surface area contributed by atoms with Gasteiger partial charge in [-0.1, -0.05) is 11.6 Å². The molecule has 1 aromatic rings. The summed E-state index contributed by atoms with van der Waals surface area (Å²) in [6.45, 7) is 1.19. The van der Waals surface area contributed by atoms with Crippen LogP contribution in [0, 0.1) is 23.2 Å². The molecule has 1 aliphatic heterocycles. The minimum Gasteiger partial charge on any atom is -0.465 e. The third-order valence-electron chi connectivity index (χ3n) is 4.25. The van der Waals surface area contributed by atoms with Crippen LogP contribution in [-0.2, 0) is 0 Å². The van der Waals surface area contributed by atoms with Gasteiger partial charge in [-0.15, -0.1) is 10.2 Å². The van der Waals surface area contributed by atoms with E-state index in [1.807, 2.05) is 6.07 Å². The van der Waals surface area contributed by atoms with Gasteiger partial charge in [-0.3, -0.25) is 0 Å². The Bertz CT molecular complexity index is 603. The normalized spacial score (nSPS) is 27.2. The highest BCUT2D eigenvalue weighted by molar-refractivity contribution is 6.29. The van der Waals surface area contributed by atoms with Gasteiger partial charge < -0.3 is 15.3 Å². The van der Waals surface area contributed by atoms with Crippen molar-refractivity contribution in [1.82, 2.24) is 15.1 Å². The zero-order chi connectivity index (χ0) is 15.0. The van der Waals surface area contributed by atoms with Crippen molar-refractivity contribution < 1.29 is 9.90 Å². The topological polar surface area (TPSA) is 102 Å². The molecule has 21 heavy (non-hydrogen) atoms. The minimum atomic E-state index is -0.843. The lowest BCUT2D eigenvalue weighted by Crippen LogP contribution is -2.29. The molecule has 3 rings (SSSR count). The maximum atomic E-state index is 11.0. The molecule has 110 valence electrons. The number of anilines is 1. The predicted octanol–water partition coefficient (Wildman–Crippen LogP) is 1.80. The van der Waals surface area contributed by atoms with Gasteiger partial charge in [-0.25, -0.2) is 4.79 Å². The summed E-state index contributed by atoms with van der Waals surface area (Å²) in [5.41, 5.74) is 0.374. The van der Waals surface area contributed by atoms with E-state index in [1.54, 1.807) is 0 Å². The zero-order valence-electron chi connectivity index (χ0n) is 11.2. The number of nitrogens with zero attached hydrogens (tertiary/aromatic N) is 4. The van der Waals surface area contributed by atoms with Crippen LogP contribution >= 0.6 is 11.6 Å². The van der Waals surface area contributed by atoms with Crippen LogP contribution < -0.4 is 5.32 Å². The van der Waals surface area contributed by atoms with Crippen LogP contribution in [0.25, 0.3) is 0 Å². The van der Waals surface area contributed by atoms with E-state index in [0.717, 1.165) is 12.8 Å². The molecule has 2 aliphatic rings. The van der Waals surface area contributed by atoms with Crippen LogP contribution in [-0.4, -0.2) is 45.4 Å². The maximum Gasteiger partial charge on any atom is 0.407 e. The maximum absolute atomic E-state index is 11.0. The van der Waals surface area contributed by atoms with Gasteiger partial charge in [0.1, 0.15) is 6.07 Å². The van der Waals surface area contributed by atoms with E-state index in [4.69, 9.17) is 22.0 Å². The van der Waals surface area contributed by atoms with Gasteiger partial charge in [-0.05, 0) is 30.7 Å². The highest BCUT2D eigenvalue weighted by atomic mass is 35.5. The minimum absolute atomic E-state index is 0.192. The van der Waals surface area contributed by atoms with E-state index in [1.165, 1.54) is 11.0 Å². The molecule has 7 nitrogen and oxygen atoms in total. The molecule has 1 saturated heterocycles. The molecule has 1 saturated carbocycles. The first-order chi connectivity index (χ1) is 10.1. The lowest BCUT2D eigenvalue weighted by molar-refractivity contribution is 0.152. The molecule has 2 fully saturated rings. The fraction of sp³-hybridized carbons (Fsp3) is 0.538. The Morgan fingerprint density at radius 1 is 1.43 bits per heavy atom. The van der Waals surface area contributed by atoms with E-state index in [9.17, 15) is 4.79 Å². The van der Waals surface area contributed by atoms with Crippen molar-refractivity contribution >= 4 is 23.5 Å². The SMILES string of the molecule is N#Cc1cc(Cl)nnc1N[C@@H]1C[C@@H]2CN(C(=O)O)C[C@@H]2C1. The fourth-order valence-corrected chi connectivity index (χ4v) is 3.47. The molecule has 2 heterocycles. The summed E-state index contributed by atoms with van der Waals surface area (Å²) in [5, 5.41) is 29.2. The van der Waals surface area contributed by atoms with E-state index < -0.39 is 6.09 Å². The first-order valence-corrected chi connectivity index (χ1v) is 7.12. The van der Waals surface area contributed by atoms with Gasteiger partial charge in [0.25, 0.3) is 0 Å². The quantitative estimate of drug-likeness (QED) is 0.863. The number of likely N-dealkylation sites (tertiary alicyclic amines) is 1. The van der Waals surface area contributed by atoms with Gasteiger partial charge in [0, 0.05) is 19.1 Å². The summed E-state index contributed by atoms with van der Waals surface area (Å²) >= 11 is 5.72. The number of fused-ring (bicyclic) bond motifs is 1. The lowest BCUT2D eigenvalue weighted by atomic mass is 10.0. The van der Waals surface area contributed by atoms with Crippen molar-refractivity contribution in [2.75, 3.05) is 18.4 Å². The molecule has 0 unspecified atom stereocenters. The first-order valence-electron chi connectivity index (χ1n) is 6.74. The Morgan fingerprint density at radius 3 is 2.67 bits per heavy atom. The van der Waals surface area contributed by atoms with Gasteiger partial charge in [0.05, 0.1) is 5.56 Å². The van der Waals surface area contributed by atoms with Gasteiger partial charge in [0.2, 0.25) is 0 Å². The Morgan fingerprint density at radius 2 is 2.10 bits per heavy atom. The molecule has 1 aromatic heterocycles. The van der Waals surface area contributed by atoms with Crippen LogP contribution in [0.1, 0.15) is 18.4 Å². The number of hydrogen-bond donors (Lipinski definition) is 2. The summed E-state index contributed by atoms with van der Waals surface area (Å²) in [4.78, 5) is 12.4. The average Bonchev–Trinajstić information content (AvgIpc) is 2.98. The summed E-state index contributed by atoms with van der Waals surface area (Å²) in [6.07, 6.45) is 0.914. The van der Waals surface area contributed by atoms with Crippen LogP contribution in [0.2, 0.25) is 5.15 Å². The Hall–Kier alpha value is -2.07. The van der Waals surface area contributed by atoms with Gasteiger partial charge >= 0.3 is 6.09 Å². The summed E-state index contributed by atoms with van der Waals surface area (Å²) < 4.78 is 0. The monoisotopic (exact) mass is 307 g/mol. The highest BCUT2D eigenvalue weighted by Gasteiger charge is 2.42. The molecule has 0 spiro atoms. The van der Waals surface area contributed by atoms with E-state index in [-0.39, 0.29) is 11.2 Å². The summed E-state index contributed by atoms with van der Waals surface area (Å²) in [5.74, 6) is 1.20. The first kappa shape index (κ1) is 13.9. The summed E-state index contributed by atoms with van der Waals surface area (Å²) in [7, 11) is 0. The number of aromatic nitrogens is 2. The fourth-order valence-electron chi connectivity index (χ4n) is 3.33. The Labute approximate surface area is 126 Å². The number of amides is 1. The number of rotatable bonds is 2. The molecule has 8 heteroatoms. The van der Waals surface area contributed by atoms with E-state index in [2.05, 4.69) is 15.5 Å². The predicted molar refractivity (Wildman–Crippen MR) is 75.0 cm³/mol. The van der Waals surface area contributed by atoms with E-state index in [0.29, 0.717) is 36.3 Å². The van der Waals surface area contributed by atoms with Crippen LogP contribution in [0.4, 0.5) is 10.6 Å². The van der Waals surface area contributed by atoms with Crippen LogP contribution in [0.3, 0.4) is 0 Å². The Kier molecular flexibility index (Phi) is 3.55. The van der Waals surface area contributed by atoms with Gasteiger partial charge in [-0.2, -0.15) is 5.26 Å². The molecule has 1 aliphatic carbocycles. The molecule has 0 bridgehead atoms. The molecule has 0 radical (unpaired) electrons. The van der Waals surface area contributed by atoms with Gasteiger partial charge in [0.15, 0.2) is 11.0 Å². The second kappa shape index (κ2) is 5.37. The molecule has 3 atom stereocenters. The van der Waals surface area contributed by atoms with Crippen LogP contribution in [0.15, 0.2) is 6.07 Å².